The van der Waals surface area contributed by atoms with Crippen LogP contribution in [0, 0.1) is 12.3 Å². The molecule has 0 saturated carbocycles. The van der Waals surface area contributed by atoms with Gasteiger partial charge in [-0.15, -0.1) is 0 Å². The Balaban J connectivity index is 1.35. The number of benzene rings is 2. The van der Waals surface area contributed by atoms with Crippen molar-refractivity contribution in [2.24, 2.45) is 5.41 Å². The van der Waals surface area contributed by atoms with Crippen molar-refractivity contribution >= 4 is 11.5 Å². The summed E-state index contributed by atoms with van der Waals surface area (Å²) in [6.07, 6.45) is 0. The Hall–Kier alpha value is -2.53. The van der Waals surface area contributed by atoms with E-state index in [9.17, 15) is 4.79 Å². The molecule has 5 nitrogen and oxygen atoms in total. The lowest BCUT2D eigenvalue weighted by molar-refractivity contribution is 0.0926. The second-order valence-corrected chi connectivity index (χ2v) is 8.92. The summed E-state index contributed by atoms with van der Waals surface area (Å²) >= 11 is 0. The smallest absolute Gasteiger partial charge is 0.176 e. The van der Waals surface area contributed by atoms with Crippen LogP contribution in [-0.2, 0) is 0 Å². The van der Waals surface area contributed by atoms with E-state index in [-0.39, 0.29) is 11.2 Å². The van der Waals surface area contributed by atoms with Crippen LogP contribution in [-0.4, -0.2) is 56.6 Å². The normalized spacial score (nSPS) is 18.9. The summed E-state index contributed by atoms with van der Waals surface area (Å²) in [4.78, 5) is 17.5. The molecular formula is C24H30N2O3. The van der Waals surface area contributed by atoms with E-state index in [0.29, 0.717) is 31.1 Å². The van der Waals surface area contributed by atoms with Crippen molar-refractivity contribution in [3.63, 3.8) is 0 Å². The Morgan fingerprint density at radius 1 is 0.931 bits per heavy atom. The monoisotopic (exact) mass is 394 g/mol. The molecule has 2 aromatic rings. The molecular weight excluding hydrogens is 364 g/mol. The minimum Gasteiger partial charge on any atom is -0.489 e. The third kappa shape index (κ3) is 4.73. The van der Waals surface area contributed by atoms with Gasteiger partial charge in [-0.1, -0.05) is 31.5 Å². The number of rotatable bonds is 4. The number of ether oxygens (including phenoxy) is 2. The highest BCUT2D eigenvalue weighted by Gasteiger charge is 2.26. The van der Waals surface area contributed by atoms with Crippen LogP contribution in [0.4, 0.5) is 5.69 Å². The zero-order valence-electron chi connectivity index (χ0n) is 17.6. The van der Waals surface area contributed by atoms with E-state index in [2.05, 4.69) is 54.8 Å². The molecule has 154 valence electrons. The number of anilines is 1. The zero-order chi connectivity index (χ0) is 20.4. The Bertz CT molecular complexity index is 868. The number of aryl methyl sites for hydroxylation is 1. The molecule has 5 heteroatoms. The van der Waals surface area contributed by atoms with Gasteiger partial charge < -0.3 is 14.4 Å². The summed E-state index contributed by atoms with van der Waals surface area (Å²) < 4.78 is 11.8. The van der Waals surface area contributed by atoms with E-state index < -0.39 is 0 Å². The van der Waals surface area contributed by atoms with Crippen LogP contribution in [0.2, 0.25) is 0 Å². The summed E-state index contributed by atoms with van der Waals surface area (Å²) in [6, 6.07) is 14.2. The Kier molecular flexibility index (Phi) is 5.50. The fourth-order valence-electron chi connectivity index (χ4n) is 3.72. The zero-order valence-corrected chi connectivity index (χ0v) is 17.6. The molecule has 0 atom stereocenters. The topological polar surface area (TPSA) is 42.0 Å². The summed E-state index contributed by atoms with van der Waals surface area (Å²) in [5.41, 5.74) is 3.18. The van der Waals surface area contributed by atoms with Gasteiger partial charge in [0.1, 0.15) is 0 Å². The van der Waals surface area contributed by atoms with Gasteiger partial charge in [0.25, 0.3) is 0 Å². The molecule has 1 saturated heterocycles. The number of nitrogens with zero attached hydrogens (tertiary/aromatic N) is 2. The van der Waals surface area contributed by atoms with Gasteiger partial charge in [0.15, 0.2) is 17.3 Å². The minimum absolute atomic E-state index is 0.0414. The number of piperazine rings is 1. The van der Waals surface area contributed by atoms with Gasteiger partial charge in [-0.25, -0.2) is 0 Å². The van der Waals surface area contributed by atoms with Crippen LogP contribution < -0.4 is 14.4 Å². The van der Waals surface area contributed by atoms with Crippen LogP contribution in [0.25, 0.3) is 0 Å². The van der Waals surface area contributed by atoms with Crippen LogP contribution in [0.5, 0.6) is 11.5 Å². The maximum Gasteiger partial charge on any atom is 0.176 e. The summed E-state index contributed by atoms with van der Waals surface area (Å²) in [5, 5.41) is 0. The first-order chi connectivity index (χ1) is 13.9. The lowest BCUT2D eigenvalue weighted by Gasteiger charge is -2.35. The molecule has 2 aliphatic rings. The van der Waals surface area contributed by atoms with E-state index in [1.807, 2.05) is 18.2 Å². The Labute approximate surface area is 173 Å². The fraction of sp³-hybridized carbons (Fsp3) is 0.458. The van der Waals surface area contributed by atoms with Crippen molar-refractivity contribution in [1.29, 1.82) is 0 Å². The lowest BCUT2D eigenvalue weighted by atomic mass is 9.97. The van der Waals surface area contributed by atoms with Gasteiger partial charge in [0, 0.05) is 42.8 Å². The van der Waals surface area contributed by atoms with Crippen molar-refractivity contribution < 1.29 is 14.3 Å². The van der Waals surface area contributed by atoms with E-state index in [0.717, 1.165) is 31.9 Å². The number of hydrogen-bond acceptors (Lipinski definition) is 5. The van der Waals surface area contributed by atoms with E-state index >= 15 is 0 Å². The van der Waals surface area contributed by atoms with Crippen molar-refractivity contribution in [2.45, 2.75) is 20.8 Å². The quantitative estimate of drug-likeness (QED) is 0.738. The first kappa shape index (κ1) is 19.8. The Morgan fingerprint density at radius 2 is 1.59 bits per heavy atom. The maximum atomic E-state index is 12.8. The number of hydrogen-bond donors (Lipinski definition) is 0. The molecule has 29 heavy (non-hydrogen) atoms. The molecule has 0 unspecified atom stereocenters. The molecule has 0 spiro atoms. The molecule has 4 rings (SSSR count). The molecule has 1 fully saturated rings. The first-order valence-corrected chi connectivity index (χ1v) is 10.4. The first-order valence-electron chi connectivity index (χ1n) is 10.4. The third-order valence-corrected chi connectivity index (χ3v) is 5.64. The number of ketones is 1. The number of Topliss-reactive ketones (excluding diaryl/α,β-unsaturated/α-hetero) is 1. The molecule has 0 radical (unpaired) electrons. The second-order valence-electron chi connectivity index (χ2n) is 8.92. The third-order valence-electron chi connectivity index (χ3n) is 5.64. The Morgan fingerprint density at radius 3 is 2.28 bits per heavy atom. The standard InChI is InChI=1S/C24H30N2O3/c1-18-4-7-20(8-5-18)26-12-10-25(11-13-26)15-21(27)19-6-9-22-23(14-19)29-17-24(2,3)16-28-22/h4-9,14H,10-13,15-17H2,1-3H3. The van der Waals surface area contributed by atoms with Crippen LogP contribution >= 0.6 is 0 Å². The number of fused-ring (bicyclic) bond motifs is 1. The predicted molar refractivity (Wildman–Crippen MR) is 115 cm³/mol. The SMILES string of the molecule is Cc1ccc(N2CCN(CC(=O)c3ccc4c(c3)OCC(C)(C)CO4)CC2)cc1. The summed E-state index contributed by atoms with van der Waals surface area (Å²) in [6.45, 7) is 11.6. The van der Waals surface area contributed by atoms with Crippen molar-refractivity contribution in [3.05, 3.63) is 53.6 Å². The van der Waals surface area contributed by atoms with E-state index in [1.54, 1.807) is 0 Å². The maximum absolute atomic E-state index is 12.8. The van der Waals surface area contributed by atoms with Gasteiger partial charge in [0.2, 0.25) is 0 Å². The van der Waals surface area contributed by atoms with Crippen LogP contribution in [0.1, 0.15) is 29.8 Å². The summed E-state index contributed by atoms with van der Waals surface area (Å²) in [5.74, 6) is 1.52. The molecule has 0 aromatic heterocycles. The minimum atomic E-state index is -0.0414. The second kappa shape index (κ2) is 8.07. The average Bonchev–Trinajstić information content (AvgIpc) is 2.87. The molecule has 0 aliphatic carbocycles. The summed E-state index contributed by atoms with van der Waals surface area (Å²) in [7, 11) is 0. The molecule has 0 amide bonds. The highest BCUT2D eigenvalue weighted by Crippen LogP contribution is 2.34. The molecule has 2 aliphatic heterocycles. The van der Waals surface area contributed by atoms with Gasteiger partial charge in [-0.3, -0.25) is 9.69 Å². The van der Waals surface area contributed by atoms with Crippen LogP contribution in [0.3, 0.4) is 0 Å². The highest BCUT2D eigenvalue weighted by atomic mass is 16.5. The van der Waals surface area contributed by atoms with Gasteiger partial charge in [0.05, 0.1) is 19.8 Å². The van der Waals surface area contributed by atoms with Gasteiger partial charge in [-0.2, -0.15) is 0 Å². The van der Waals surface area contributed by atoms with Crippen molar-refractivity contribution in [3.8, 4) is 11.5 Å². The molecule has 2 heterocycles. The van der Waals surface area contributed by atoms with E-state index in [4.69, 9.17) is 9.47 Å². The molecule has 0 N–H and O–H groups in total. The molecule has 2 aromatic carbocycles. The average molecular weight is 395 g/mol. The number of carbonyl (C=O) groups excluding carboxylic acids is 1. The van der Waals surface area contributed by atoms with Crippen molar-refractivity contribution in [2.75, 3.05) is 50.8 Å². The number of carbonyl (C=O) groups is 1. The predicted octanol–water partition coefficient (Wildman–Crippen LogP) is 3.80. The fourth-order valence-corrected chi connectivity index (χ4v) is 3.72. The lowest BCUT2D eigenvalue weighted by Crippen LogP contribution is -2.48. The van der Waals surface area contributed by atoms with Crippen molar-refractivity contribution in [1.82, 2.24) is 4.90 Å². The van der Waals surface area contributed by atoms with E-state index in [1.165, 1.54) is 11.3 Å². The highest BCUT2D eigenvalue weighted by molar-refractivity contribution is 5.98. The van der Waals surface area contributed by atoms with Gasteiger partial charge >= 0.3 is 0 Å². The molecule has 0 bridgehead atoms. The van der Waals surface area contributed by atoms with Gasteiger partial charge in [-0.05, 0) is 37.3 Å². The van der Waals surface area contributed by atoms with Crippen LogP contribution in [0.15, 0.2) is 42.5 Å². The largest absolute Gasteiger partial charge is 0.489 e.